The normalized spacial score (nSPS) is 28.9. The summed E-state index contributed by atoms with van der Waals surface area (Å²) in [5, 5.41) is 0. The fraction of sp³-hybridized carbons (Fsp3) is 0.857. The number of nitrogens with zero attached hydrogens (tertiary/aromatic N) is 1. The predicted molar refractivity (Wildman–Crippen MR) is 68.3 cm³/mol. The third kappa shape index (κ3) is 2.85. The molecule has 1 unspecified atom stereocenters. The van der Waals surface area contributed by atoms with Crippen LogP contribution in [-0.2, 0) is 9.53 Å². The van der Waals surface area contributed by atoms with Crippen molar-refractivity contribution in [3.63, 3.8) is 0 Å². The van der Waals surface area contributed by atoms with Crippen molar-refractivity contribution in [3.8, 4) is 0 Å². The van der Waals surface area contributed by atoms with Crippen LogP contribution in [0.25, 0.3) is 0 Å². The number of piperidine rings is 1. The van der Waals surface area contributed by atoms with E-state index in [9.17, 15) is 9.59 Å². The Morgan fingerprint density at radius 1 is 1.39 bits per heavy atom. The maximum atomic E-state index is 12.0. The maximum Gasteiger partial charge on any atom is 0.410 e. The zero-order valence-electron chi connectivity index (χ0n) is 11.6. The van der Waals surface area contributed by atoms with E-state index in [0.29, 0.717) is 19.0 Å². The van der Waals surface area contributed by atoms with Crippen LogP contribution in [-0.4, -0.2) is 36.0 Å². The van der Waals surface area contributed by atoms with Crippen LogP contribution in [0.4, 0.5) is 4.79 Å². The van der Waals surface area contributed by atoms with Gasteiger partial charge in [-0.1, -0.05) is 0 Å². The number of amides is 1. The molecule has 0 spiro atoms. The van der Waals surface area contributed by atoms with Crippen LogP contribution >= 0.6 is 0 Å². The SMILES string of the molecule is CC(C)(C)OC(=O)N1CCCC(C=O)(C2CC2)C1. The van der Waals surface area contributed by atoms with Crippen LogP contribution in [0.1, 0.15) is 46.5 Å². The second-order valence-corrected chi connectivity index (χ2v) is 6.63. The molecule has 0 radical (unpaired) electrons. The van der Waals surface area contributed by atoms with Crippen molar-refractivity contribution in [1.82, 2.24) is 4.90 Å². The molecule has 2 aliphatic rings. The molecule has 0 aromatic heterocycles. The molecule has 1 saturated heterocycles. The average molecular weight is 253 g/mol. The van der Waals surface area contributed by atoms with E-state index >= 15 is 0 Å². The molecule has 0 aromatic carbocycles. The topological polar surface area (TPSA) is 46.6 Å². The van der Waals surface area contributed by atoms with Gasteiger partial charge in [0.05, 0.1) is 0 Å². The number of carbonyl (C=O) groups excluding carboxylic acids is 2. The largest absolute Gasteiger partial charge is 0.444 e. The van der Waals surface area contributed by atoms with Gasteiger partial charge in [-0.25, -0.2) is 4.79 Å². The van der Waals surface area contributed by atoms with Gasteiger partial charge in [-0.15, -0.1) is 0 Å². The first-order chi connectivity index (χ1) is 8.36. The van der Waals surface area contributed by atoms with Crippen molar-refractivity contribution in [1.29, 1.82) is 0 Å². The lowest BCUT2D eigenvalue weighted by Gasteiger charge is -2.40. The monoisotopic (exact) mass is 253 g/mol. The highest BCUT2D eigenvalue weighted by Gasteiger charge is 2.48. The van der Waals surface area contributed by atoms with Crippen molar-refractivity contribution in [3.05, 3.63) is 0 Å². The fourth-order valence-electron chi connectivity index (χ4n) is 2.78. The van der Waals surface area contributed by atoms with Crippen LogP contribution in [0.2, 0.25) is 0 Å². The van der Waals surface area contributed by atoms with Crippen LogP contribution in [0.15, 0.2) is 0 Å². The first-order valence-electron chi connectivity index (χ1n) is 6.81. The predicted octanol–water partition coefficient (Wildman–Crippen LogP) is 2.61. The standard InChI is InChI=1S/C14H23NO3/c1-13(2,3)18-12(17)15-8-4-7-14(9-15,10-16)11-5-6-11/h10-11H,4-9H2,1-3H3. The number of aldehydes is 1. The molecule has 1 aliphatic heterocycles. The summed E-state index contributed by atoms with van der Waals surface area (Å²) >= 11 is 0. The molecule has 1 heterocycles. The minimum Gasteiger partial charge on any atom is -0.444 e. The van der Waals surface area contributed by atoms with E-state index in [1.807, 2.05) is 20.8 Å². The Kier molecular flexibility index (Phi) is 3.39. The number of likely N-dealkylation sites (tertiary alicyclic amines) is 1. The quantitative estimate of drug-likeness (QED) is 0.711. The molecule has 2 rings (SSSR count). The highest BCUT2D eigenvalue weighted by Crippen LogP contribution is 2.49. The Balaban J connectivity index is 2.02. The van der Waals surface area contributed by atoms with Gasteiger partial charge in [-0.2, -0.15) is 0 Å². The van der Waals surface area contributed by atoms with Gasteiger partial charge in [0, 0.05) is 18.5 Å². The molecular formula is C14H23NO3. The van der Waals surface area contributed by atoms with Gasteiger partial charge in [0.2, 0.25) is 0 Å². The van der Waals surface area contributed by atoms with Gasteiger partial charge < -0.3 is 14.4 Å². The van der Waals surface area contributed by atoms with Gasteiger partial charge in [-0.05, 0) is 52.4 Å². The molecule has 4 nitrogen and oxygen atoms in total. The Morgan fingerprint density at radius 3 is 2.56 bits per heavy atom. The zero-order valence-corrected chi connectivity index (χ0v) is 11.6. The van der Waals surface area contributed by atoms with Gasteiger partial charge in [0.15, 0.2) is 0 Å². The number of rotatable bonds is 2. The summed E-state index contributed by atoms with van der Waals surface area (Å²) in [6.45, 7) is 6.83. The van der Waals surface area contributed by atoms with Gasteiger partial charge in [0.25, 0.3) is 0 Å². The molecular weight excluding hydrogens is 230 g/mol. The lowest BCUT2D eigenvalue weighted by molar-refractivity contribution is -0.120. The van der Waals surface area contributed by atoms with Crippen molar-refractivity contribution in [2.45, 2.75) is 52.1 Å². The van der Waals surface area contributed by atoms with E-state index in [1.54, 1.807) is 4.90 Å². The molecule has 2 fully saturated rings. The highest BCUT2D eigenvalue weighted by molar-refractivity contribution is 5.70. The van der Waals surface area contributed by atoms with E-state index in [4.69, 9.17) is 4.74 Å². The third-order valence-corrected chi connectivity index (χ3v) is 3.83. The summed E-state index contributed by atoms with van der Waals surface area (Å²) in [7, 11) is 0. The summed E-state index contributed by atoms with van der Waals surface area (Å²) in [6, 6.07) is 0. The lowest BCUT2D eigenvalue weighted by atomic mass is 9.77. The molecule has 1 amide bonds. The Hall–Kier alpha value is -1.06. The molecule has 1 aliphatic carbocycles. The maximum absolute atomic E-state index is 12.0. The molecule has 18 heavy (non-hydrogen) atoms. The molecule has 0 bridgehead atoms. The zero-order chi connectivity index (χ0) is 13.4. The number of hydrogen-bond acceptors (Lipinski definition) is 3. The van der Waals surface area contributed by atoms with Gasteiger partial charge in [0.1, 0.15) is 11.9 Å². The first kappa shape index (κ1) is 13.4. The van der Waals surface area contributed by atoms with Gasteiger partial charge >= 0.3 is 6.09 Å². The smallest absolute Gasteiger partial charge is 0.410 e. The minimum atomic E-state index is -0.474. The van der Waals surface area contributed by atoms with Crippen LogP contribution in [0.5, 0.6) is 0 Å². The number of ether oxygens (including phenoxy) is 1. The fourth-order valence-corrected chi connectivity index (χ4v) is 2.78. The molecule has 0 N–H and O–H groups in total. The lowest BCUT2D eigenvalue weighted by Crippen LogP contribution is -2.49. The average Bonchev–Trinajstić information content (AvgIpc) is 3.11. The summed E-state index contributed by atoms with van der Waals surface area (Å²) in [5.74, 6) is 0.486. The van der Waals surface area contributed by atoms with Crippen LogP contribution in [0, 0.1) is 11.3 Å². The molecule has 4 heteroatoms. The number of carbonyl (C=O) groups is 2. The van der Waals surface area contributed by atoms with Gasteiger partial charge in [-0.3, -0.25) is 0 Å². The van der Waals surface area contributed by atoms with Crippen LogP contribution in [0.3, 0.4) is 0 Å². The highest BCUT2D eigenvalue weighted by atomic mass is 16.6. The summed E-state index contributed by atoms with van der Waals surface area (Å²) in [6.07, 6.45) is 4.87. The van der Waals surface area contributed by atoms with E-state index in [1.165, 1.54) is 0 Å². The first-order valence-corrected chi connectivity index (χ1v) is 6.81. The minimum absolute atomic E-state index is 0.283. The second kappa shape index (κ2) is 4.56. The van der Waals surface area contributed by atoms with Crippen molar-refractivity contribution in [2.24, 2.45) is 11.3 Å². The molecule has 102 valence electrons. The van der Waals surface area contributed by atoms with Crippen molar-refractivity contribution >= 4 is 12.4 Å². The van der Waals surface area contributed by atoms with E-state index < -0.39 is 5.60 Å². The molecule has 1 atom stereocenters. The van der Waals surface area contributed by atoms with Crippen molar-refractivity contribution < 1.29 is 14.3 Å². The van der Waals surface area contributed by atoms with Crippen LogP contribution < -0.4 is 0 Å². The molecule has 0 aromatic rings. The van der Waals surface area contributed by atoms with E-state index in [-0.39, 0.29) is 11.5 Å². The third-order valence-electron chi connectivity index (χ3n) is 3.83. The second-order valence-electron chi connectivity index (χ2n) is 6.63. The van der Waals surface area contributed by atoms with E-state index in [2.05, 4.69) is 0 Å². The summed E-state index contributed by atoms with van der Waals surface area (Å²) in [4.78, 5) is 25.2. The summed E-state index contributed by atoms with van der Waals surface area (Å²) < 4.78 is 5.39. The van der Waals surface area contributed by atoms with E-state index in [0.717, 1.165) is 32.0 Å². The van der Waals surface area contributed by atoms with Crippen molar-refractivity contribution in [2.75, 3.05) is 13.1 Å². The Morgan fingerprint density at radius 2 is 2.06 bits per heavy atom. The number of hydrogen-bond donors (Lipinski definition) is 0. The Bertz CT molecular complexity index is 343. The Labute approximate surface area is 109 Å². The molecule has 1 saturated carbocycles. The summed E-state index contributed by atoms with van der Waals surface area (Å²) in [5.41, 5.74) is -0.771.